The first-order chi connectivity index (χ1) is 15.2. The van der Waals surface area contributed by atoms with E-state index >= 15 is 0 Å². The van der Waals surface area contributed by atoms with E-state index in [4.69, 9.17) is 63.7 Å². The van der Waals surface area contributed by atoms with Gasteiger partial charge in [0.15, 0.2) is 10.3 Å². The van der Waals surface area contributed by atoms with Crippen LogP contribution < -0.4 is 34.1 Å². The molecule has 0 aromatic carbocycles. The maximum atomic E-state index is 11.6. The first-order valence-corrected chi connectivity index (χ1v) is 12.0. The molecule has 0 bridgehead atoms. The number of hydrogen-bond acceptors (Lipinski definition) is 9. The average Bonchev–Trinajstić information content (AvgIpc) is 3.16. The number of halogens is 6. The lowest BCUT2D eigenvalue weighted by molar-refractivity contribution is -0.120. The maximum Gasteiger partial charge on any atom is 0.266 e. The van der Waals surface area contributed by atoms with Crippen LogP contribution in [-0.2, 0) is 9.59 Å². The van der Waals surface area contributed by atoms with Crippen molar-refractivity contribution in [3.8, 4) is 0 Å². The van der Waals surface area contributed by atoms with Crippen molar-refractivity contribution < 1.29 is 31.6 Å². The van der Waals surface area contributed by atoms with Gasteiger partial charge in [0.2, 0.25) is 11.8 Å². The summed E-state index contributed by atoms with van der Waals surface area (Å²) in [6.07, 6.45) is -0.709. The van der Waals surface area contributed by atoms with Crippen LogP contribution in [0.15, 0.2) is 0 Å². The lowest BCUT2D eigenvalue weighted by atomic mass is 10.4. The van der Waals surface area contributed by atoms with Gasteiger partial charge >= 0.3 is 0 Å². The molecule has 0 aliphatic carbocycles. The number of carbonyl (C=O) groups excluding carboxylic acids is 4. The number of rotatable bonds is 5. The van der Waals surface area contributed by atoms with Crippen LogP contribution in [-0.4, -0.2) is 44.0 Å². The Kier molecular flexibility index (Phi) is 21.1. The van der Waals surface area contributed by atoms with E-state index in [0.29, 0.717) is 0 Å². The zero-order valence-corrected chi connectivity index (χ0v) is 24.0. The SMILES string of the molecule is C.CC(=O)NC(C)N.CC(=O)NC(C)NC(=O)c1snc(Cl)c1Cl.O=C(Cl)c1snc(Cl)c1Cl.[Cl-]. The van der Waals surface area contributed by atoms with Gasteiger partial charge in [0.25, 0.3) is 11.1 Å². The molecule has 2 aromatic rings. The number of carbonyl (C=O) groups is 4. The second kappa shape index (κ2) is 19.2. The normalized spacial score (nSPS) is 10.9. The fraction of sp³-hybridized carbons (Fsp3) is 0.412. The Morgan fingerprint density at radius 2 is 1.23 bits per heavy atom. The summed E-state index contributed by atoms with van der Waals surface area (Å²) in [6.45, 7) is 6.14. The minimum absolute atomic E-state index is 0. The van der Waals surface area contributed by atoms with Crippen LogP contribution in [0.1, 0.15) is 54.5 Å². The molecule has 0 spiro atoms. The molecule has 10 nitrogen and oxygen atoms in total. The predicted molar refractivity (Wildman–Crippen MR) is 139 cm³/mol. The highest BCUT2D eigenvalue weighted by atomic mass is 35.5. The number of amides is 3. The molecule has 200 valence electrons. The van der Waals surface area contributed by atoms with E-state index in [1.165, 1.54) is 13.8 Å². The van der Waals surface area contributed by atoms with Crippen molar-refractivity contribution in [2.45, 2.75) is 47.5 Å². The van der Waals surface area contributed by atoms with Crippen LogP contribution >= 0.6 is 81.1 Å². The van der Waals surface area contributed by atoms with Gasteiger partial charge in [-0.1, -0.05) is 53.8 Å². The predicted octanol–water partition coefficient (Wildman–Crippen LogP) is 1.56. The molecule has 0 aliphatic heterocycles. The van der Waals surface area contributed by atoms with E-state index in [9.17, 15) is 19.2 Å². The van der Waals surface area contributed by atoms with E-state index in [2.05, 4.69) is 24.7 Å². The van der Waals surface area contributed by atoms with Crippen molar-refractivity contribution in [1.29, 1.82) is 0 Å². The Morgan fingerprint density at radius 3 is 1.46 bits per heavy atom. The zero-order chi connectivity index (χ0) is 25.9. The smallest absolute Gasteiger partial charge is 0.266 e. The van der Waals surface area contributed by atoms with Gasteiger partial charge in [-0.05, 0) is 48.5 Å². The molecule has 3 amide bonds. The van der Waals surface area contributed by atoms with E-state index in [-0.39, 0.29) is 67.9 Å². The standard InChI is InChI=1S/C8H9Cl2N3O2S.C4Cl3NOS.C4H10N2O.CH4.ClH/c1-3(11-4(2)14)12-8(15)6-5(9)7(10)13-16-6;5-1-2(4(7)9)10-8-3(1)6;1-3(5)6-4(2)7;;/h3H,1-2H3,(H,11,14)(H,12,15);;3H,5H2,1-2H3,(H,6,7);1H4;1H/p-1. The van der Waals surface area contributed by atoms with Gasteiger partial charge in [-0.2, -0.15) is 8.75 Å². The van der Waals surface area contributed by atoms with E-state index in [1.807, 2.05) is 0 Å². The van der Waals surface area contributed by atoms with E-state index in [0.717, 1.165) is 23.1 Å². The minimum atomic E-state index is -0.630. The molecule has 0 saturated heterocycles. The van der Waals surface area contributed by atoms with Crippen LogP contribution in [0.4, 0.5) is 0 Å². The Hall–Kier alpha value is -0.960. The Morgan fingerprint density at radius 1 is 0.829 bits per heavy atom. The lowest BCUT2D eigenvalue weighted by Crippen LogP contribution is -3.00. The summed E-state index contributed by atoms with van der Waals surface area (Å²) >= 11 is 29.2. The number of nitrogens with one attached hydrogen (secondary N) is 3. The number of aromatic nitrogens is 2. The van der Waals surface area contributed by atoms with Crippen molar-refractivity contribution in [3.05, 3.63) is 30.1 Å². The van der Waals surface area contributed by atoms with Crippen molar-refractivity contribution in [1.82, 2.24) is 24.7 Å². The highest BCUT2D eigenvalue weighted by Gasteiger charge is 2.19. The fourth-order valence-corrected chi connectivity index (χ4v) is 4.12. The molecule has 0 radical (unpaired) electrons. The van der Waals surface area contributed by atoms with Gasteiger partial charge in [0, 0.05) is 13.8 Å². The minimum Gasteiger partial charge on any atom is -1.00 e. The average molecular weight is 652 g/mol. The van der Waals surface area contributed by atoms with Gasteiger partial charge in [-0.3, -0.25) is 19.2 Å². The zero-order valence-electron chi connectivity index (χ0n) is 17.8. The van der Waals surface area contributed by atoms with Crippen LogP contribution in [0.25, 0.3) is 0 Å². The van der Waals surface area contributed by atoms with Crippen molar-refractivity contribution in [2.75, 3.05) is 0 Å². The number of nitrogens with two attached hydrogens (primary N) is 1. The summed E-state index contributed by atoms with van der Waals surface area (Å²) in [6, 6.07) is 0. The second-order valence-electron chi connectivity index (χ2n) is 5.89. The molecular weight excluding hydrogens is 629 g/mol. The molecule has 0 fully saturated rings. The van der Waals surface area contributed by atoms with Gasteiger partial charge in [0.1, 0.15) is 19.8 Å². The molecule has 2 rings (SSSR count). The molecule has 0 saturated carbocycles. The van der Waals surface area contributed by atoms with Crippen molar-refractivity contribution >= 4 is 104 Å². The van der Waals surface area contributed by atoms with Gasteiger partial charge in [0.05, 0.1) is 12.3 Å². The third-order valence-corrected chi connectivity index (χ3v) is 6.67. The van der Waals surface area contributed by atoms with Crippen molar-refractivity contribution in [3.63, 3.8) is 0 Å². The summed E-state index contributed by atoms with van der Waals surface area (Å²) in [5, 5.41) is 7.34. The monoisotopic (exact) mass is 649 g/mol. The topological polar surface area (TPSA) is 156 Å². The first kappa shape index (κ1) is 38.6. The molecule has 2 aromatic heterocycles. The summed E-state index contributed by atoms with van der Waals surface area (Å²) < 4.78 is 7.34. The fourth-order valence-electron chi connectivity index (χ4n) is 1.71. The summed E-state index contributed by atoms with van der Waals surface area (Å²) in [5.74, 6) is -0.744. The van der Waals surface area contributed by atoms with Gasteiger partial charge in [-0.15, -0.1) is 0 Å². The molecule has 5 N–H and O–H groups in total. The molecular formula is C17H23Cl6N6O4S2-. The van der Waals surface area contributed by atoms with Gasteiger partial charge < -0.3 is 34.1 Å². The van der Waals surface area contributed by atoms with Gasteiger partial charge in [-0.25, -0.2) is 0 Å². The quantitative estimate of drug-likeness (QED) is 0.282. The summed E-state index contributed by atoms with van der Waals surface area (Å²) in [7, 11) is 0. The Bertz CT molecular complexity index is 988. The second-order valence-corrected chi connectivity index (χ2v) is 9.25. The molecule has 0 aliphatic rings. The summed E-state index contributed by atoms with van der Waals surface area (Å²) in [5.41, 5.74) is 5.16. The van der Waals surface area contributed by atoms with E-state index < -0.39 is 17.3 Å². The highest BCUT2D eigenvalue weighted by Crippen LogP contribution is 2.29. The molecule has 2 unspecified atom stereocenters. The van der Waals surface area contributed by atoms with Crippen LogP contribution in [0.2, 0.25) is 20.4 Å². The Balaban J connectivity index is -0.000000466. The van der Waals surface area contributed by atoms with Crippen LogP contribution in [0, 0.1) is 0 Å². The third-order valence-electron chi connectivity index (χ3n) is 2.78. The van der Waals surface area contributed by atoms with Crippen LogP contribution in [0.5, 0.6) is 0 Å². The van der Waals surface area contributed by atoms with E-state index in [1.54, 1.807) is 13.8 Å². The molecule has 35 heavy (non-hydrogen) atoms. The number of nitrogens with zero attached hydrogens (tertiary/aromatic N) is 2. The van der Waals surface area contributed by atoms with Crippen molar-refractivity contribution in [2.24, 2.45) is 5.73 Å². The first-order valence-electron chi connectivity index (χ1n) is 8.59. The highest BCUT2D eigenvalue weighted by molar-refractivity contribution is 7.11. The third kappa shape index (κ3) is 15.7. The summed E-state index contributed by atoms with van der Waals surface area (Å²) in [4.78, 5) is 43.3. The Labute approximate surface area is 242 Å². The number of hydrogen-bond donors (Lipinski definition) is 4. The molecule has 2 atom stereocenters. The molecule has 18 heteroatoms. The van der Waals surface area contributed by atoms with Crippen LogP contribution in [0.3, 0.4) is 0 Å². The molecule has 2 heterocycles. The largest absolute Gasteiger partial charge is 1.00 e. The lowest BCUT2D eigenvalue weighted by Gasteiger charge is -2.13. The maximum absolute atomic E-state index is 11.6.